The summed E-state index contributed by atoms with van der Waals surface area (Å²) >= 11 is 5.78. The zero-order valence-electron chi connectivity index (χ0n) is 8.71. The Morgan fingerprint density at radius 3 is 2.87 bits per heavy atom. The molecular formula is C11H15ClFNO. The fraction of sp³-hybridized carbons (Fsp3) is 0.455. The molecule has 0 unspecified atom stereocenters. The first kappa shape index (κ1) is 12.4. The zero-order chi connectivity index (χ0) is 11.3. The second kappa shape index (κ2) is 6.05. The van der Waals surface area contributed by atoms with Crippen molar-refractivity contribution in [3.63, 3.8) is 0 Å². The molecule has 0 saturated heterocycles. The predicted octanol–water partition coefficient (Wildman–Crippen LogP) is 2.29. The van der Waals surface area contributed by atoms with Crippen molar-refractivity contribution < 1.29 is 9.50 Å². The van der Waals surface area contributed by atoms with Gasteiger partial charge in [0.1, 0.15) is 5.82 Å². The topological polar surface area (TPSA) is 23.5 Å². The molecule has 0 aromatic heterocycles. The molecule has 0 spiro atoms. The third-order valence-electron chi connectivity index (χ3n) is 2.15. The average molecular weight is 232 g/mol. The van der Waals surface area contributed by atoms with Crippen LogP contribution in [0.25, 0.3) is 0 Å². The van der Waals surface area contributed by atoms with Crippen molar-refractivity contribution in [2.24, 2.45) is 0 Å². The number of rotatable bonds is 5. The Balaban J connectivity index is 2.59. The largest absolute Gasteiger partial charge is 0.396 e. The summed E-state index contributed by atoms with van der Waals surface area (Å²) in [5, 5.41) is 9.20. The summed E-state index contributed by atoms with van der Waals surface area (Å²) in [6.07, 6.45) is 0.693. The maximum absolute atomic E-state index is 13.3. The van der Waals surface area contributed by atoms with Crippen molar-refractivity contribution in [3.05, 3.63) is 34.6 Å². The first-order chi connectivity index (χ1) is 7.13. The summed E-state index contributed by atoms with van der Waals surface area (Å²) < 4.78 is 13.3. The number of aliphatic hydroxyl groups is 1. The SMILES string of the molecule is CN(CCCO)Cc1cc(Cl)ccc1F. The lowest BCUT2D eigenvalue weighted by atomic mass is 10.2. The van der Waals surface area contributed by atoms with E-state index >= 15 is 0 Å². The molecule has 15 heavy (non-hydrogen) atoms. The van der Waals surface area contributed by atoms with Crippen LogP contribution in [0.3, 0.4) is 0 Å². The molecule has 0 aliphatic rings. The van der Waals surface area contributed by atoms with E-state index in [4.69, 9.17) is 16.7 Å². The van der Waals surface area contributed by atoms with Crippen LogP contribution in [-0.4, -0.2) is 30.2 Å². The molecule has 0 bridgehead atoms. The molecule has 1 N–H and O–H groups in total. The first-order valence-corrected chi connectivity index (χ1v) is 5.24. The Morgan fingerprint density at radius 1 is 1.47 bits per heavy atom. The highest BCUT2D eigenvalue weighted by Gasteiger charge is 2.06. The van der Waals surface area contributed by atoms with Crippen LogP contribution in [0.2, 0.25) is 5.02 Å². The van der Waals surface area contributed by atoms with Crippen molar-refractivity contribution in [2.75, 3.05) is 20.2 Å². The van der Waals surface area contributed by atoms with Gasteiger partial charge in [0.2, 0.25) is 0 Å². The summed E-state index contributed by atoms with van der Waals surface area (Å²) in [6.45, 7) is 1.40. The summed E-state index contributed by atoms with van der Waals surface area (Å²) in [4.78, 5) is 1.95. The second-order valence-electron chi connectivity index (χ2n) is 3.55. The predicted molar refractivity (Wildman–Crippen MR) is 59.4 cm³/mol. The van der Waals surface area contributed by atoms with E-state index in [1.165, 1.54) is 12.1 Å². The molecule has 4 heteroatoms. The van der Waals surface area contributed by atoms with Crippen molar-refractivity contribution in [1.82, 2.24) is 4.90 Å². The van der Waals surface area contributed by atoms with Crippen molar-refractivity contribution in [1.29, 1.82) is 0 Å². The van der Waals surface area contributed by atoms with Crippen molar-refractivity contribution in [3.8, 4) is 0 Å². The van der Waals surface area contributed by atoms with Crippen LogP contribution < -0.4 is 0 Å². The lowest BCUT2D eigenvalue weighted by Crippen LogP contribution is -2.20. The monoisotopic (exact) mass is 231 g/mol. The van der Waals surface area contributed by atoms with Gasteiger partial charge in [-0.1, -0.05) is 11.6 Å². The minimum atomic E-state index is -0.241. The molecule has 0 radical (unpaired) electrons. The Morgan fingerprint density at radius 2 is 2.20 bits per heavy atom. The quantitative estimate of drug-likeness (QED) is 0.841. The molecule has 1 rings (SSSR count). The first-order valence-electron chi connectivity index (χ1n) is 4.87. The summed E-state index contributed by atoms with van der Waals surface area (Å²) in [5.41, 5.74) is 0.586. The second-order valence-corrected chi connectivity index (χ2v) is 3.99. The Labute approximate surface area is 94.3 Å². The molecule has 1 aromatic rings. The van der Waals surface area contributed by atoms with Crippen LogP contribution in [0.5, 0.6) is 0 Å². The molecule has 0 heterocycles. The van der Waals surface area contributed by atoms with Gasteiger partial charge in [0.25, 0.3) is 0 Å². The third-order valence-corrected chi connectivity index (χ3v) is 2.38. The lowest BCUT2D eigenvalue weighted by molar-refractivity contribution is 0.243. The van der Waals surface area contributed by atoms with E-state index in [9.17, 15) is 4.39 Å². The van der Waals surface area contributed by atoms with Gasteiger partial charge in [0.05, 0.1) is 0 Å². The van der Waals surface area contributed by atoms with Gasteiger partial charge >= 0.3 is 0 Å². The van der Waals surface area contributed by atoms with Crippen LogP contribution >= 0.6 is 11.6 Å². The summed E-state index contributed by atoms with van der Waals surface area (Å²) in [7, 11) is 1.88. The van der Waals surface area contributed by atoms with Gasteiger partial charge in [-0.2, -0.15) is 0 Å². The van der Waals surface area contributed by atoms with E-state index in [-0.39, 0.29) is 12.4 Å². The lowest BCUT2D eigenvalue weighted by Gasteiger charge is -2.16. The molecule has 0 atom stereocenters. The summed E-state index contributed by atoms with van der Waals surface area (Å²) in [6, 6.07) is 4.54. The van der Waals surface area contributed by atoms with E-state index in [2.05, 4.69) is 0 Å². The maximum Gasteiger partial charge on any atom is 0.127 e. The molecule has 84 valence electrons. The summed E-state index contributed by atoms with van der Waals surface area (Å²) in [5.74, 6) is -0.241. The van der Waals surface area contributed by atoms with Gasteiger partial charge in [-0.25, -0.2) is 4.39 Å². The Bertz CT molecular complexity index is 319. The fourth-order valence-electron chi connectivity index (χ4n) is 1.37. The molecule has 0 amide bonds. The molecular weight excluding hydrogens is 217 g/mol. The van der Waals surface area contributed by atoms with E-state index in [0.717, 1.165) is 6.54 Å². The van der Waals surface area contributed by atoms with Crippen LogP contribution in [0.1, 0.15) is 12.0 Å². The third kappa shape index (κ3) is 4.16. The smallest absolute Gasteiger partial charge is 0.127 e. The number of aliphatic hydroxyl groups excluding tert-OH is 1. The number of benzene rings is 1. The molecule has 0 saturated carbocycles. The molecule has 1 aromatic carbocycles. The van der Waals surface area contributed by atoms with Crippen LogP contribution in [-0.2, 0) is 6.54 Å². The van der Waals surface area contributed by atoms with Crippen LogP contribution in [0.4, 0.5) is 4.39 Å². The minimum absolute atomic E-state index is 0.155. The molecule has 0 aliphatic heterocycles. The van der Waals surface area contributed by atoms with Gasteiger partial charge in [0.15, 0.2) is 0 Å². The average Bonchev–Trinajstić information content (AvgIpc) is 2.20. The standard InChI is InChI=1S/C11H15ClFNO/c1-14(5-2-6-15)8-9-7-10(12)3-4-11(9)13/h3-4,7,15H,2,5-6,8H2,1H3. The Kier molecular flexibility index (Phi) is 5.02. The highest BCUT2D eigenvalue weighted by molar-refractivity contribution is 6.30. The van der Waals surface area contributed by atoms with E-state index < -0.39 is 0 Å². The number of hydrogen-bond acceptors (Lipinski definition) is 2. The van der Waals surface area contributed by atoms with E-state index in [1.807, 2.05) is 11.9 Å². The number of halogens is 2. The normalized spacial score (nSPS) is 11.0. The molecule has 0 aliphatic carbocycles. The van der Waals surface area contributed by atoms with E-state index in [1.54, 1.807) is 6.07 Å². The van der Waals surface area contributed by atoms with Crippen molar-refractivity contribution in [2.45, 2.75) is 13.0 Å². The molecule has 0 fully saturated rings. The van der Waals surface area contributed by atoms with E-state index in [0.29, 0.717) is 23.6 Å². The fourth-order valence-corrected chi connectivity index (χ4v) is 1.57. The number of nitrogens with zero attached hydrogens (tertiary/aromatic N) is 1. The van der Waals surface area contributed by atoms with Gasteiger partial charge in [0, 0.05) is 30.3 Å². The highest BCUT2D eigenvalue weighted by atomic mass is 35.5. The van der Waals surface area contributed by atoms with Crippen LogP contribution in [0, 0.1) is 5.82 Å². The maximum atomic E-state index is 13.3. The van der Waals surface area contributed by atoms with Gasteiger partial charge in [-0.3, -0.25) is 0 Å². The highest BCUT2D eigenvalue weighted by Crippen LogP contribution is 2.16. The number of hydrogen-bond donors (Lipinski definition) is 1. The molecule has 2 nitrogen and oxygen atoms in total. The minimum Gasteiger partial charge on any atom is -0.396 e. The zero-order valence-corrected chi connectivity index (χ0v) is 9.47. The van der Waals surface area contributed by atoms with Crippen LogP contribution in [0.15, 0.2) is 18.2 Å². The van der Waals surface area contributed by atoms with Gasteiger partial charge in [-0.05, 0) is 31.7 Å². The Hall–Kier alpha value is -0.640. The van der Waals surface area contributed by atoms with Gasteiger partial charge < -0.3 is 10.0 Å². The van der Waals surface area contributed by atoms with Crippen molar-refractivity contribution >= 4 is 11.6 Å². The van der Waals surface area contributed by atoms with Gasteiger partial charge in [-0.15, -0.1) is 0 Å².